The van der Waals surface area contributed by atoms with E-state index in [9.17, 15) is 0 Å². The molecule has 0 amide bonds. The van der Waals surface area contributed by atoms with E-state index in [1.165, 1.54) is 24.8 Å². The third kappa shape index (κ3) is 2.49. The van der Waals surface area contributed by atoms with Gasteiger partial charge in [0.1, 0.15) is 0 Å². The van der Waals surface area contributed by atoms with Gasteiger partial charge in [-0.25, -0.2) is 4.42 Å². The second kappa shape index (κ2) is 4.81. The van der Waals surface area contributed by atoms with Crippen LogP contribution in [0.2, 0.25) is 0 Å². The van der Waals surface area contributed by atoms with Crippen molar-refractivity contribution in [3.63, 3.8) is 0 Å². The lowest BCUT2D eigenvalue weighted by Gasteiger charge is -2.29. The van der Waals surface area contributed by atoms with E-state index in [1.807, 2.05) is 4.42 Å². The molecule has 1 nitrogen and oxygen atoms in total. The lowest BCUT2D eigenvalue weighted by atomic mass is 9.98. The summed E-state index contributed by atoms with van der Waals surface area (Å²) < 4.78 is 1.98. The Morgan fingerprint density at radius 2 is 2.00 bits per heavy atom. The number of rotatable bonds is 2. The summed E-state index contributed by atoms with van der Waals surface area (Å²) in [6.45, 7) is 1.04. The topological polar surface area (TPSA) is 3.24 Å². The van der Waals surface area contributed by atoms with Crippen LogP contribution in [0.4, 0.5) is 0 Å². The van der Waals surface area contributed by atoms with Crippen molar-refractivity contribution in [2.45, 2.75) is 31.7 Å². The van der Waals surface area contributed by atoms with Gasteiger partial charge in [-0.1, -0.05) is 36.8 Å². The average molecular weight is 210 g/mol. The minimum atomic E-state index is 0.535. The molecule has 0 saturated carbocycles. The molecule has 1 atom stereocenters. The number of hydrogen-bond donors (Lipinski definition) is 0. The summed E-state index contributed by atoms with van der Waals surface area (Å²) in [5.41, 5.74) is 1.39. The Morgan fingerprint density at radius 3 is 2.71 bits per heavy atom. The van der Waals surface area contributed by atoms with Crippen molar-refractivity contribution in [2.24, 2.45) is 0 Å². The van der Waals surface area contributed by atoms with Gasteiger partial charge in [0, 0.05) is 12.6 Å². The lowest BCUT2D eigenvalue weighted by molar-refractivity contribution is 0.262. The molecular weight excluding hydrogens is 194 g/mol. The number of hydrogen-bond acceptors (Lipinski definition) is 1. The molecule has 0 radical (unpaired) electrons. The maximum atomic E-state index is 6.17. The molecule has 0 aromatic heterocycles. The highest BCUT2D eigenvalue weighted by atomic mass is 35.5. The van der Waals surface area contributed by atoms with E-state index in [0.717, 1.165) is 13.0 Å². The molecule has 1 saturated heterocycles. The van der Waals surface area contributed by atoms with Crippen molar-refractivity contribution >= 4 is 11.8 Å². The smallest absolute Gasteiger partial charge is 0.0292 e. The van der Waals surface area contributed by atoms with E-state index in [2.05, 4.69) is 30.3 Å². The Kier molecular flexibility index (Phi) is 3.44. The first kappa shape index (κ1) is 10.0. The predicted molar refractivity (Wildman–Crippen MR) is 60.3 cm³/mol. The highest BCUT2D eigenvalue weighted by molar-refractivity contribution is 6.13. The molecule has 2 rings (SSSR count). The van der Waals surface area contributed by atoms with Crippen LogP contribution in [0, 0.1) is 0 Å². The maximum Gasteiger partial charge on any atom is 0.0292 e. The third-order valence-electron chi connectivity index (χ3n) is 2.87. The second-order valence-corrected chi connectivity index (χ2v) is 4.40. The van der Waals surface area contributed by atoms with E-state index in [-0.39, 0.29) is 0 Å². The standard InChI is InChI=1S/C12H16ClN/c13-14-9-5-4-8-12(14)10-11-6-2-1-3-7-11/h1-3,6-7,12H,4-5,8-10H2/t12-/m0/s1. The number of benzene rings is 1. The van der Waals surface area contributed by atoms with Gasteiger partial charge in [-0.2, -0.15) is 0 Å². The molecule has 1 fully saturated rings. The molecule has 1 aromatic rings. The number of nitrogens with zero attached hydrogens (tertiary/aromatic N) is 1. The van der Waals surface area contributed by atoms with Gasteiger partial charge < -0.3 is 0 Å². The Hall–Kier alpha value is -0.530. The molecule has 0 N–H and O–H groups in total. The van der Waals surface area contributed by atoms with Gasteiger partial charge >= 0.3 is 0 Å². The molecule has 0 bridgehead atoms. The molecule has 1 aliphatic heterocycles. The highest BCUT2D eigenvalue weighted by Gasteiger charge is 2.20. The number of piperidine rings is 1. The van der Waals surface area contributed by atoms with E-state index in [1.54, 1.807) is 0 Å². The van der Waals surface area contributed by atoms with E-state index in [4.69, 9.17) is 11.8 Å². The first-order chi connectivity index (χ1) is 6.86. The van der Waals surface area contributed by atoms with Crippen LogP contribution in [-0.2, 0) is 6.42 Å². The summed E-state index contributed by atoms with van der Waals surface area (Å²) in [7, 11) is 0. The van der Waals surface area contributed by atoms with Crippen LogP contribution in [0.15, 0.2) is 30.3 Å². The summed E-state index contributed by atoms with van der Waals surface area (Å²) >= 11 is 6.17. The lowest BCUT2D eigenvalue weighted by Crippen LogP contribution is -2.33. The SMILES string of the molecule is ClN1CCCC[C@H]1Cc1ccccc1. The van der Waals surface area contributed by atoms with Crippen LogP contribution in [0.5, 0.6) is 0 Å². The fourth-order valence-electron chi connectivity index (χ4n) is 2.05. The minimum Gasteiger partial charge on any atom is -0.217 e. The Balaban J connectivity index is 1.96. The van der Waals surface area contributed by atoms with Gasteiger partial charge in [-0.3, -0.25) is 0 Å². The van der Waals surface area contributed by atoms with Crippen molar-refractivity contribution in [1.82, 2.24) is 4.42 Å². The van der Waals surface area contributed by atoms with Gasteiger partial charge in [-0.05, 0) is 36.6 Å². The molecule has 1 aliphatic rings. The second-order valence-electron chi connectivity index (χ2n) is 3.96. The molecule has 14 heavy (non-hydrogen) atoms. The fraction of sp³-hybridized carbons (Fsp3) is 0.500. The molecule has 0 aliphatic carbocycles. The third-order valence-corrected chi connectivity index (χ3v) is 3.31. The van der Waals surface area contributed by atoms with Crippen molar-refractivity contribution < 1.29 is 0 Å². The average Bonchev–Trinajstić information content (AvgIpc) is 2.23. The maximum absolute atomic E-state index is 6.17. The monoisotopic (exact) mass is 209 g/mol. The van der Waals surface area contributed by atoms with Gasteiger partial charge in [-0.15, -0.1) is 0 Å². The molecule has 1 heterocycles. The van der Waals surface area contributed by atoms with Crippen molar-refractivity contribution in [1.29, 1.82) is 0 Å². The Labute approximate surface area is 90.8 Å². The molecule has 76 valence electrons. The van der Waals surface area contributed by atoms with E-state index in [0.29, 0.717) is 6.04 Å². The summed E-state index contributed by atoms with van der Waals surface area (Å²) in [6, 6.07) is 11.1. The van der Waals surface area contributed by atoms with Crippen LogP contribution in [0.3, 0.4) is 0 Å². The van der Waals surface area contributed by atoms with Gasteiger partial charge in [0.05, 0.1) is 0 Å². The minimum absolute atomic E-state index is 0.535. The van der Waals surface area contributed by atoms with Crippen LogP contribution in [-0.4, -0.2) is 17.0 Å². The summed E-state index contributed by atoms with van der Waals surface area (Å²) in [4.78, 5) is 0. The molecule has 0 unspecified atom stereocenters. The summed E-state index contributed by atoms with van der Waals surface area (Å²) in [5.74, 6) is 0. The Morgan fingerprint density at radius 1 is 1.21 bits per heavy atom. The zero-order valence-corrected chi connectivity index (χ0v) is 9.08. The van der Waals surface area contributed by atoms with Crippen LogP contribution in [0.1, 0.15) is 24.8 Å². The fourth-order valence-corrected chi connectivity index (χ4v) is 2.34. The largest absolute Gasteiger partial charge is 0.217 e. The van der Waals surface area contributed by atoms with Gasteiger partial charge in [0.2, 0.25) is 0 Å². The molecular formula is C12H16ClN. The van der Waals surface area contributed by atoms with Gasteiger partial charge in [0.25, 0.3) is 0 Å². The highest BCUT2D eigenvalue weighted by Crippen LogP contribution is 2.21. The molecule has 0 spiro atoms. The molecule has 1 aromatic carbocycles. The van der Waals surface area contributed by atoms with E-state index < -0.39 is 0 Å². The predicted octanol–water partition coefficient (Wildman–Crippen LogP) is 3.24. The van der Waals surface area contributed by atoms with E-state index >= 15 is 0 Å². The first-order valence-corrected chi connectivity index (χ1v) is 5.66. The Bertz CT molecular complexity index is 273. The van der Waals surface area contributed by atoms with Crippen LogP contribution in [0.25, 0.3) is 0 Å². The summed E-state index contributed by atoms with van der Waals surface area (Å²) in [5, 5.41) is 0. The van der Waals surface area contributed by atoms with Crippen LogP contribution >= 0.6 is 11.8 Å². The summed E-state index contributed by atoms with van der Waals surface area (Å²) in [6.07, 6.45) is 4.89. The zero-order valence-electron chi connectivity index (χ0n) is 8.32. The number of halogens is 1. The van der Waals surface area contributed by atoms with Crippen molar-refractivity contribution in [3.8, 4) is 0 Å². The van der Waals surface area contributed by atoms with Crippen molar-refractivity contribution in [2.75, 3.05) is 6.54 Å². The van der Waals surface area contributed by atoms with Crippen LogP contribution < -0.4 is 0 Å². The first-order valence-electron chi connectivity index (χ1n) is 5.32. The van der Waals surface area contributed by atoms with Gasteiger partial charge in [0.15, 0.2) is 0 Å². The zero-order chi connectivity index (χ0) is 9.80. The molecule has 2 heteroatoms. The normalized spacial score (nSPS) is 23.6. The quantitative estimate of drug-likeness (QED) is 0.676. The van der Waals surface area contributed by atoms with Crippen molar-refractivity contribution in [3.05, 3.63) is 35.9 Å².